The molecule has 2 rings (SSSR count). The van der Waals surface area contributed by atoms with E-state index in [1.54, 1.807) is 6.20 Å². The van der Waals surface area contributed by atoms with Gasteiger partial charge in [0.1, 0.15) is 13.6 Å². The molecule has 0 aliphatic carbocycles. The second-order valence-electron chi connectivity index (χ2n) is 4.71. The minimum Gasteiger partial charge on any atom is -0.235 e. The Balaban J connectivity index is 2.54. The predicted molar refractivity (Wildman–Crippen MR) is 72.6 cm³/mol. The van der Waals surface area contributed by atoms with Gasteiger partial charge >= 0.3 is 0 Å². The molecule has 0 aliphatic rings. The summed E-state index contributed by atoms with van der Waals surface area (Å²) in [5.74, 6) is 3.02. The molecule has 2 aromatic heterocycles. The first-order chi connectivity index (χ1) is 7.96. The smallest absolute Gasteiger partial charge is 0.179 e. The van der Waals surface area contributed by atoms with Crippen molar-refractivity contribution in [2.75, 3.05) is 0 Å². The molecular weight excluding hydrogens is 250 g/mol. The van der Waals surface area contributed by atoms with Crippen LogP contribution < -0.4 is 0 Å². The summed E-state index contributed by atoms with van der Waals surface area (Å²) < 4.78 is 0. The maximum atomic E-state index is 6.03. The Bertz CT molecular complexity index is 623. The summed E-state index contributed by atoms with van der Waals surface area (Å²) in [5.41, 5.74) is 5.03. The molecule has 0 saturated carbocycles. The monoisotopic (exact) mass is 261 g/mol. The molecule has 5 heteroatoms. The molecule has 2 heterocycles. The number of rotatable bonds is 0. The van der Waals surface area contributed by atoms with Crippen LogP contribution in [0.5, 0.6) is 0 Å². The van der Waals surface area contributed by atoms with Crippen molar-refractivity contribution >= 4 is 30.8 Å². The molecule has 0 unspecified atom stereocenters. The number of hydrogen-bond donors (Lipinski definition) is 0. The highest BCUT2D eigenvalue weighted by Crippen LogP contribution is 2.14. The zero-order valence-corrected chi connectivity index (χ0v) is 11.7. The SMILES string of the molecule is C[Si](C)(C)C#Cc1nc2cccnc2nc1Cl. The normalized spacial score (nSPS) is 11.1. The number of aromatic nitrogens is 3. The Kier molecular flexibility index (Phi) is 3.14. The fourth-order valence-electron chi connectivity index (χ4n) is 1.20. The van der Waals surface area contributed by atoms with Crippen LogP contribution in [-0.4, -0.2) is 23.0 Å². The van der Waals surface area contributed by atoms with Gasteiger partial charge in [-0.05, 0) is 12.1 Å². The van der Waals surface area contributed by atoms with Crippen LogP contribution in [0.1, 0.15) is 5.69 Å². The summed E-state index contributed by atoms with van der Waals surface area (Å²) >= 11 is 6.03. The third-order valence-corrected chi connectivity index (χ3v) is 3.09. The lowest BCUT2D eigenvalue weighted by Gasteiger charge is -2.03. The maximum Gasteiger partial charge on any atom is 0.179 e. The highest BCUT2D eigenvalue weighted by Gasteiger charge is 2.09. The fraction of sp³-hybridized carbons (Fsp3) is 0.250. The number of halogens is 1. The van der Waals surface area contributed by atoms with Gasteiger partial charge in [-0.15, -0.1) is 5.54 Å². The van der Waals surface area contributed by atoms with Crippen LogP contribution in [0.4, 0.5) is 0 Å². The Morgan fingerprint density at radius 3 is 2.71 bits per heavy atom. The largest absolute Gasteiger partial charge is 0.235 e. The van der Waals surface area contributed by atoms with Gasteiger partial charge in [-0.3, -0.25) is 0 Å². The summed E-state index contributed by atoms with van der Waals surface area (Å²) in [7, 11) is -1.43. The third kappa shape index (κ3) is 3.02. The molecule has 0 fully saturated rings. The van der Waals surface area contributed by atoms with E-state index >= 15 is 0 Å². The van der Waals surface area contributed by atoms with Gasteiger partial charge in [0.2, 0.25) is 0 Å². The van der Waals surface area contributed by atoms with Crippen LogP contribution in [-0.2, 0) is 0 Å². The van der Waals surface area contributed by atoms with Gasteiger partial charge in [-0.2, -0.15) is 0 Å². The second kappa shape index (κ2) is 4.44. The highest BCUT2D eigenvalue weighted by molar-refractivity contribution is 6.83. The van der Waals surface area contributed by atoms with E-state index in [2.05, 4.69) is 46.1 Å². The predicted octanol–water partition coefficient (Wildman–Crippen LogP) is 2.91. The first-order valence-electron chi connectivity index (χ1n) is 5.27. The van der Waals surface area contributed by atoms with Crippen LogP contribution in [0.15, 0.2) is 18.3 Å². The number of pyridine rings is 1. The molecule has 0 bridgehead atoms. The van der Waals surface area contributed by atoms with Gasteiger partial charge < -0.3 is 0 Å². The Morgan fingerprint density at radius 1 is 1.24 bits per heavy atom. The van der Waals surface area contributed by atoms with Gasteiger partial charge in [-0.1, -0.05) is 37.2 Å². The first-order valence-corrected chi connectivity index (χ1v) is 9.15. The van der Waals surface area contributed by atoms with Crippen LogP contribution in [0.25, 0.3) is 11.2 Å². The molecule has 86 valence electrons. The molecule has 0 spiro atoms. The van der Waals surface area contributed by atoms with E-state index in [1.165, 1.54) is 0 Å². The molecule has 0 atom stereocenters. The van der Waals surface area contributed by atoms with Crippen molar-refractivity contribution in [3.8, 4) is 11.5 Å². The van der Waals surface area contributed by atoms with Crippen LogP contribution in [0, 0.1) is 11.5 Å². The third-order valence-electron chi connectivity index (χ3n) is 1.95. The van der Waals surface area contributed by atoms with Crippen molar-refractivity contribution in [2.45, 2.75) is 19.6 Å². The first kappa shape index (κ1) is 12.0. The van der Waals surface area contributed by atoms with E-state index in [-0.39, 0.29) is 0 Å². The molecular formula is C12H12ClN3Si. The molecule has 17 heavy (non-hydrogen) atoms. The quantitative estimate of drug-likeness (QED) is 0.541. The van der Waals surface area contributed by atoms with Gasteiger partial charge in [0.25, 0.3) is 0 Å². The van der Waals surface area contributed by atoms with Crippen molar-refractivity contribution < 1.29 is 0 Å². The van der Waals surface area contributed by atoms with Gasteiger partial charge in [-0.25, -0.2) is 15.0 Å². The number of nitrogens with zero attached hydrogens (tertiary/aromatic N) is 3. The van der Waals surface area contributed by atoms with E-state index in [1.807, 2.05) is 12.1 Å². The zero-order valence-electron chi connectivity index (χ0n) is 9.95. The molecule has 0 N–H and O–H groups in total. The van der Waals surface area contributed by atoms with Crippen LogP contribution >= 0.6 is 11.6 Å². The second-order valence-corrected chi connectivity index (χ2v) is 9.82. The highest BCUT2D eigenvalue weighted by atomic mass is 35.5. The van der Waals surface area contributed by atoms with Crippen molar-refractivity contribution in [1.29, 1.82) is 0 Å². The van der Waals surface area contributed by atoms with E-state index in [9.17, 15) is 0 Å². The summed E-state index contributed by atoms with van der Waals surface area (Å²) in [4.78, 5) is 12.6. The lowest BCUT2D eigenvalue weighted by Crippen LogP contribution is -2.16. The molecule has 0 radical (unpaired) electrons. The van der Waals surface area contributed by atoms with Gasteiger partial charge in [0, 0.05) is 6.20 Å². The minimum atomic E-state index is -1.43. The number of fused-ring (bicyclic) bond motifs is 1. The lowest BCUT2D eigenvalue weighted by atomic mass is 10.4. The molecule has 2 aromatic rings. The number of hydrogen-bond acceptors (Lipinski definition) is 3. The Hall–Kier alpha value is -1.44. The molecule has 0 aliphatic heterocycles. The summed E-state index contributed by atoms with van der Waals surface area (Å²) in [6.07, 6.45) is 1.67. The molecule has 0 amide bonds. The summed E-state index contributed by atoms with van der Waals surface area (Å²) in [5, 5.41) is 0.321. The Morgan fingerprint density at radius 2 is 2.00 bits per heavy atom. The topological polar surface area (TPSA) is 38.7 Å². The maximum absolute atomic E-state index is 6.03. The van der Waals surface area contributed by atoms with Gasteiger partial charge in [0.05, 0.1) is 0 Å². The molecule has 0 saturated heterocycles. The summed E-state index contributed by atoms with van der Waals surface area (Å²) in [6.45, 7) is 6.51. The Labute approximate surface area is 106 Å². The average Bonchev–Trinajstić information content (AvgIpc) is 2.25. The van der Waals surface area contributed by atoms with Crippen molar-refractivity contribution in [1.82, 2.24) is 15.0 Å². The van der Waals surface area contributed by atoms with E-state index in [0.717, 1.165) is 5.52 Å². The standard InChI is InChI=1S/C12H12ClN3Si/c1-17(2,3)8-6-9-11(13)16-12-10(15-9)5-4-7-14-12/h4-5,7H,1-3H3. The average molecular weight is 262 g/mol. The van der Waals surface area contributed by atoms with Crippen LogP contribution in [0.2, 0.25) is 24.8 Å². The van der Waals surface area contributed by atoms with Gasteiger partial charge in [0.15, 0.2) is 16.5 Å². The molecule has 3 nitrogen and oxygen atoms in total. The van der Waals surface area contributed by atoms with Crippen molar-refractivity contribution in [2.24, 2.45) is 0 Å². The molecule has 0 aromatic carbocycles. The summed E-state index contributed by atoms with van der Waals surface area (Å²) in [6, 6.07) is 3.67. The zero-order chi connectivity index (χ0) is 12.5. The van der Waals surface area contributed by atoms with E-state index < -0.39 is 8.07 Å². The van der Waals surface area contributed by atoms with Crippen LogP contribution in [0.3, 0.4) is 0 Å². The van der Waals surface area contributed by atoms with Crippen molar-refractivity contribution in [3.05, 3.63) is 29.2 Å². The fourth-order valence-corrected chi connectivity index (χ4v) is 1.86. The van der Waals surface area contributed by atoms with Crippen molar-refractivity contribution in [3.63, 3.8) is 0 Å². The minimum absolute atomic E-state index is 0.321. The van der Waals surface area contributed by atoms with E-state index in [4.69, 9.17) is 11.6 Å². The van der Waals surface area contributed by atoms with E-state index in [0.29, 0.717) is 16.5 Å². The lowest BCUT2D eigenvalue weighted by molar-refractivity contribution is 1.20.